The Bertz CT molecular complexity index is 1450. The lowest BCUT2D eigenvalue weighted by molar-refractivity contribution is -0.137. The molecule has 0 bridgehead atoms. The molecule has 0 aliphatic carbocycles. The van der Waals surface area contributed by atoms with Crippen LogP contribution in [0.4, 0.5) is 24.5 Å². The van der Waals surface area contributed by atoms with Crippen LogP contribution in [0.25, 0.3) is 22.4 Å². The predicted octanol–water partition coefficient (Wildman–Crippen LogP) is 5.44. The van der Waals surface area contributed by atoms with Crippen molar-refractivity contribution >= 4 is 34.3 Å². The molecule has 180 valence electrons. The van der Waals surface area contributed by atoms with Gasteiger partial charge in [0.2, 0.25) is 5.91 Å². The van der Waals surface area contributed by atoms with Gasteiger partial charge in [0.15, 0.2) is 0 Å². The Hall–Kier alpha value is -4.41. The molecular formula is C24H19F3N4O4. The van der Waals surface area contributed by atoms with E-state index in [1.165, 1.54) is 44.4 Å². The molecule has 4 aromatic rings. The highest BCUT2D eigenvalue weighted by Gasteiger charge is 2.34. The molecule has 0 fully saturated rings. The van der Waals surface area contributed by atoms with Gasteiger partial charge in [-0.3, -0.25) is 9.59 Å². The SMILES string of the molecule is COc1ccc(NC(=O)c2cc(-c3ccccc3C(F)(F)F)nc3onc(C)c23)cc1NC(C)=O. The lowest BCUT2D eigenvalue weighted by Crippen LogP contribution is -2.14. The van der Waals surface area contributed by atoms with Crippen LogP contribution >= 0.6 is 0 Å². The number of ether oxygens (including phenoxy) is 1. The molecule has 0 saturated carbocycles. The van der Waals surface area contributed by atoms with Crippen LogP contribution in [0.5, 0.6) is 5.75 Å². The Morgan fingerprint density at radius 1 is 1.06 bits per heavy atom. The van der Waals surface area contributed by atoms with Crippen LogP contribution in [0.3, 0.4) is 0 Å². The third-order valence-electron chi connectivity index (χ3n) is 5.14. The number of halogens is 3. The molecule has 0 radical (unpaired) electrons. The number of rotatable bonds is 5. The van der Waals surface area contributed by atoms with E-state index >= 15 is 0 Å². The number of amides is 2. The zero-order valence-corrected chi connectivity index (χ0v) is 18.8. The molecule has 2 aromatic carbocycles. The molecule has 0 saturated heterocycles. The molecule has 4 rings (SSSR count). The zero-order chi connectivity index (χ0) is 25.3. The van der Waals surface area contributed by atoms with Crippen molar-refractivity contribution in [2.24, 2.45) is 0 Å². The fourth-order valence-electron chi connectivity index (χ4n) is 3.64. The van der Waals surface area contributed by atoms with Crippen LogP contribution < -0.4 is 15.4 Å². The van der Waals surface area contributed by atoms with E-state index in [1.807, 2.05) is 0 Å². The van der Waals surface area contributed by atoms with Gasteiger partial charge in [-0.25, -0.2) is 4.98 Å². The number of hydrogen-bond acceptors (Lipinski definition) is 6. The van der Waals surface area contributed by atoms with Gasteiger partial charge in [0, 0.05) is 18.2 Å². The largest absolute Gasteiger partial charge is 0.495 e. The minimum Gasteiger partial charge on any atom is -0.495 e. The number of nitrogens with one attached hydrogen (secondary N) is 2. The first-order chi connectivity index (χ1) is 16.6. The number of hydrogen-bond donors (Lipinski definition) is 2. The summed E-state index contributed by atoms with van der Waals surface area (Å²) in [5.74, 6) is -0.588. The molecule has 2 heterocycles. The lowest BCUT2D eigenvalue weighted by Gasteiger charge is -2.14. The summed E-state index contributed by atoms with van der Waals surface area (Å²) in [5.41, 5.74) is -0.253. The summed E-state index contributed by atoms with van der Waals surface area (Å²) in [7, 11) is 1.43. The summed E-state index contributed by atoms with van der Waals surface area (Å²) in [5, 5.41) is 9.38. The Balaban J connectivity index is 1.80. The summed E-state index contributed by atoms with van der Waals surface area (Å²) < 4.78 is 51.2. The van der Waals surface area contributed by atoms with Crippen LogP contribution in [0.2, 0.25) is 0 Å². The van der Waals surface area contributed by atoms with Gasteiger partial charge in [-0.1, -0.05) is 23.4 Å². The van der Waals surface area contributed by atoms with E-state index in [-0.39, 0.29) is 33.8 Å². The molecule has 0 aliphatic rings. The van der Waals surface area contributed by atoms with Crippen molar-refractivity contribution in [2.45, 2.75) is 20.0 Å². The quantitative estimate of drug-likeness (QED) is 0.391. The molecule has 0 unspecified atom stereocenters. The smallest absolute Gasteiger partial charge is 0.417 e. The molecule has 0 spiro atoms. The molecule has 0 atom stereocenters. The molecule has 8 nitrogen and oxygen atoms in total. The summed E-state index contributed by atoms with van der Waals surface area (Å²) in [4.78, 5) is 29.0. The normalized spacial score (nSPS) is 11.4. The number of alkyl halides is 3. The number of anilines is 2. The number of nitrogens with zero attached hydrogens (tertiary/aromatic N) is 2. The van der Waals surface area contributed by atoms with Crippen LogP contribution in [-0.4, -0.2) is 29.1 Å². The standard InChI is InChI=1S/C24H19F3N4O4/c1-12-21-16(22(33)29-14-8-9-20(34-3)19(10-14)28-13(2)32)11-18(30-23(21)35-31-12)15-6-4-5-7-17(15)24(25,26)27/h4-11H,1-3H3,(H,28,32)(H,29,33). The van der Waals surface area contributed by atoms with Gasteiger partial charge in [-0.15, -0.1) is 0 Å². The average molecular weight is 484 g/mol. The number of carbonyl (C=O) groups excluding carboxylic acids is 2. The van der Waals surface area contributed by atoms with Crippen molar-refractivity contribution in [3.05, 3.63) is 65.4 Å². The van der Waals surface area contributed by atoms with Crippen molar-refractivity contribution in [2.75, 3.05) is 17.7 Å². The molecule has 2 amide bonds. The number of pyridine rings is 1. The van der Waals surface area contributed by atoms with E-state index in [1.54, 1.807) is 19.1 Å². The molecule has 2 N–H and O–H groups in total. The van der Waals surface area contributed by atoms with Gasteiger partial charge in [0.1, 0.15) is 5.75 Å². The number of carbonyl (C=O) groups is 2. The topological polar surface area (TPSA) is 106 Å². The van der Waals surface area contributed by atoms with E-state index in [9.17, 15) is 22.8 Å². The molecule has 35 heavy (non-hydrogen) atoms. The second-order valence-electron chi connectivity index (χ2n) is 7.60. The minimum atomic E-state index is -4.63. The second kappa shape index (κ2) is 9.09. The fraction of sp³-hybridized carbons (Fsp3) is 0.167. The van der Waals surface area contributed by atoms with Gasteiger partial charge in [0.05, 0.1) is 40.7 Å². The van der Waals surface area contributed by atoms with Crippen LogP contribution in [0.15, 0.2) is 53.1 Å². The van der Waals surface area contributed by atoms with Crippen LogP contribution in [-0.2, 0) is 11.0 Å². The number of fused-ring (bicyclic) bond motifs is 1. The molecule has 2 aromatic heterocycles. The molecule has 0 aliphatic heterocycles. The maximum atomic E-state index is 13.6. The summed E-state index contributed by atoms with van der Waals surface area (Å²) in [6.45, 7) is 2.92. The van der Waals surface area contributed by atoms with Crippen LogP contribution in [0, 0.1) is 6.92 Å². The van der Waals surface area contributed by atoms with E-state index < -0.39 is 17.6 Å². The maximum Gasteiger partial charge on any atom is 0.417 e. The van der Waals surface area contributed by atoms with Crippen molar-refractivity contribution in [1.82, 2.24) is 10.1 Å². The summed E-state index contributed by atoms with van der Waals surface area (Å²) in [6, 6.07) is 10.8. The van der Waals surface area contributed by atoms with Crippen molar-refractivity contribution in [1.29, 1.82) is 0 Å². The summed E-state index contributed by atoms with van der Waals surface area (Å²) >= 11 is 0. The van der Waals surface area contributed by atoms with Gasteiger partial charge >= 0.3 is 6.18 Å². The monoisotopic (exact) mass is 484 g/mol. The highest BCUT2D eigenvalue weighted by Crippen LogP contribution is 2.38. The third kappa shape index (κ3) is 4.79. The predicted molar refractivity (Wildman–Crippen MR) is 122 cm³/mol. The van der Waals surface area contributed by atoms with Crippen molar-refractivity contribution in [3.8, 4) is 17.0 Å². The Morgan fingerprint density at radius 3 is 2.49 bits per heavy atom. The highest BCUT2D eigenvalue weighted by atomic mass is 19.4. The summed E-state index contributed by atoms with van der Waals surface area (Å²) in [6.07, 6.45) is -4.63. The Labute approximate surface area is 197 Å². The van der Waals surface area contributed by atoms with E-state index in [0.717, 1.165) is 6.07 Å². The van der Waals surface area contributed by atoms with E-state index in [4.69, 9.17) is 9.26 Å². The van der Waals surface area contributed by atoms with Gasteiger partial charge in [0.25, 0.3) is 11.6 Å². The molecular weight excluding hydrogens is 465 g/mol. The fourth-order valence-corrected chi connectivity index (χ4v) is 3.64. The number of aromatic nitrogens is 2. The first-order valence-electron chi connectivity index (χ1n) is 10.3. The zero-order valence-electron chi connectivity index (χ0n) is 18.8. The van der Waals surface area contributed by atoms with Crippen molar-refractivity contribution < 1.29 is 32.0 Å². The van der Waals surface area contributed by atoms with Gasteiger partial charge in [-0.2, -0.15) is 13.2 Å². The third-order valence-corrected chi connectivity index (χ3v) is 5.14. The first-order valence-corrected chi connectivity index (χ1v) is 10.3. The number of benzene rings is 2. The second-order valence-corrected chi connectivity index (χ2v) is 7.60. The minimum absolute atomic E-state index is 0.0256. The highest BCUT2D eigenvalue weighted by molar-refractivity contribution is 6.13. The number of aryl methyl sites for hydroxylation is 1. The van der Waals surface area contributed by atoms with E-state index in [2.05, 4.69) is 20.8 Å². The van der Waals surface area contributed by atoms with Gasteiger partial charge < -0.3 is 19.9 Å². The van der Waals surface area contributed by atoms with Gasteiger partial charge in [-0.05, 0) is 37.3 Å². The van der Waals surface area contributed by atoms with E-state index in [0.29, 0.717) is 22.8 Å². The Kier molecular flexibility index (Phi) is 6.16. The first kappa shape index (κ1) is 23.7. The lowest BCUT2D eigenvalue weighted by atomic mass is 10.0. The average Bonchev–Trinajstić information content (AvgIpc) is 3.18. The number of methoxy groups -OCH3 is 1. The van der Waals surface area contributed by atoms with Crippen molar-refractivity contribution in [3.63, 3.8) is 0 Å². The van der Waals surface area contributed by atoms with Crippen LogP contribution in [0.1, 0.15) is 28.5 Å². The Morgan fingerprint density at radius 2 is 1.80 bits per heavy atom. The maximum absolute atomic E-state index is 13.6. The molecule has 11 heteroatoms.